The first-order chi connectivity index (χ1) is 12.8. The Morgan fingerprint density at radius 3 is 2.67 bits per heavy atom. The number of hydrogen-bond donors (Lipinski definition) is 4. The van der Waals surface area contributed by atoms with Crippen molar-refractivity contribution in [3.63, 3.8) is 0 Å². The molecule has 3 atom stereocenters. The summed E-state index contributed by atoms with van der Waals surface area (Å²) in [4.78, 5) is 44.3. The largest absolute Gasteiger partial charge is 0.480 e. The van der Waals surface area contributed by atoms with Crippen molar-refractivity contribution < 1.29 is 24.6 Å². The zero-order valence-corrected chi connectivity index (χ0v) is 16.4. The van der Waals surface area contributed by atoms with E-state index >= 15 is 0 Å². The Kier molecular flexibility index (Phi) is 6.02. The number of thioether (sulfide) groups is 2. The van der Waals surface area contributed by atoms with Gasteiger partial charge in [-0.25, -0.2) is 9.78 Å². The molecular formula is C16H22N4O5S2. The number of nitrogens with one attached hydrogen (secondary N) is 2. The fourth-order valence-corrected chi connectivity index (χ4v) is 6.71. The lowest BCUT2D eigenvalue weighted by Crippen LogP contribution is -2.53. The van der Waals surface area contributed by atoms with Crippen LogP contribution < -0.4 is 5.32 Å². The molecule has 1 spiro atoms. The van der Waals surface area contributed by atoms with Gasteiger partial charge in [-0.1, -0.05) is 0 Å². The highest BCUT2D eigenvalue weighted by Gasteiger charge is 2.52. The molecule has 2 aliphatic heterocycles. The van der Waals surface area contributed by atoms with E-state index in [1.54, 1.807) is 30.4 Å². The number of likely N-dealkylation sites (tertiary alicyclic amines) is 1. The molecule has 148 valence electrons. The highest BCUT2D eigenvalue weighted by Crippen LogP contribution is 2.51. The van der Waals surface area contributed by atoms with E-state index < -0.39 is 30.1 Å². The standard InChI is InChI=1S/C16H22N4O5S2/c1-9(19-11(14(22)23)4-10-6-17-8-18-10)13(21)20-7-16(26-2-3-27-16)5-12(20)15(24)25/h6,8-9,11-12,19H,2-5,7H2,1H3,(H,17,18)(H,22,23)(H,24,25)/t9-,11?,12?/m0/s1. The van der Waals surface area contributed by atoms with Crippen LogP contribution in [0.3, 0.4) is 0 Å². The lowest BCUT2D eigenvalue weighted by Gasteiger charge is -2.27. The van der Waals surface area contributed by atoms with Gasteiger partial charge in [-0.3, -0.25) is 14.9 Å². The van der Waals surface area contributed by atoms with Crippen molar-refractivity contribution >= 4 is 41.4 Å². The fraction of sp³-hybridized carbons (Fsp3) is 0.625. The molecule has 2 aliphatic rings. The SMILES string of the molecule is C[C@H](NC(Cc1cnc[nH]1)C(=O)O)C(=O)N1CC2(CC1C(=O)O)SCCS2. The number of carboxylic acid groups (broad SMARTS) is 2. The number of aromatic amines is 1. The Morgan fingerprint density at radius 1 is 1.41 bits per heavy atom. The van der Waals surface area contributed by atoms with Crippen LogP contribution in [-0.4, -0.2) is 83.2 Å². The summed E-state index contributed by atoms with van der Waals surface area (Å²) in [5.74, 6) is -0.606. The number of H-pyrrole nitrogens is 1. The van der Waals surface area contributed by atoms with E-state index in [9.17, 15) is 24.6 Å². The van der Waals surface area contributed by atoms with Gasteiger partial charge in [0.2, 0.25) is 5.91 Å². The molecule has 27 heavy (non-hydrogen) atoms. The summed E-state index contributed by atoms with van der Waals surface area (Å²) in [5, 5.41) is 21.8. The van der Waals surface area contributed by atoms with Crippen LogP contribution in [0.4, 0.5) is 0 Å². The summed E-state index contributed by atoms with van der Waals surface area (Å²) in [7, 11) is 0. The van der Waals surface area contributed by atoms with Crippen LogP contribution in [0.2, 0.25) is 0 Å². The van der Waals surface area contributed by atoms with Crippen molar-refractivity contribution in [3.8, 4) is 0 Å². The lowest BCUT2D eigenvalue weighted by atomic mass is 10.1. The summed E-state index contributed by atoms with van der Waals surface area (Å²) in [6.45, 7) is 1.94. The van der Waals surface area contributed by atoms with Crippen LogP contribution in [0.5, 0.6) is 0 Å². The smallest absolute Gasteiger partial charge is 0.326 e. The summed E-state index contributed by atoms with van der Waals surface area (Å²) < 4.78 is -0.263. The zero-order chi connectivity index (χ0) is 19.6. The Balaban J connectivity index is 1.69. The first kappa shape index (κ1) is 20.0. The van der Waals surface area contributed by atoms with Crippen LogP contribution in [-0.2, 0) is 20.8 Å². The molecule has 0 aliphatic carbocycles. The molecule has 2 unspecified atom stereocenters. The lowest BCUT2D eigenvalue weighted by molar-refractivity contribution is -0.149. The first-order valence-corrected chi connectivity index (χ1v) is 10.6. The van der Waals surface area contributed by atoms with Gasteiger partial charge in [0.05, 0.1) is 16.4 Å². The minimum Gasteiger partial charge on any atom is -0.480 e. The normalized spacial score (nSPS) is 23.4. The van der Waals surface area contributed by atoms with Crippen molar-refractivity contribution in [2.24, 2.45) is 0 Å². The van der Waals surface area contributed by atoms with Crippen LogP contribution in [0.25, 0.3) is 0 Å². The van der Waals surface area contributed by atoms with E-state index in [-0.39, 0.29) is 16.4 Å². The van der Waals surface area contributed by atoms with Crippen molar-refractivity contribution in [2.45, 2.75) is 42.0 Å². The van der Waals surface area contributed by atoms with E-state index in [4.69, 9.17) is 0 Å². The summed E-state index contributed by atoms with van der Waals surface area (Å²) >= 11 is 3.42. The van der Waals surface area contributed by atoms with Gasteiger partial charge < -0.3 is 20.1 Å². The number of hydrogen-bond acceptors (Lipinski definition) is 7. The highest BCUT2D eigenvalue weighted by atomic mass is 32.2. The number of carbonyl (C=O) groups excluding carboxylic acids is 1. The van der Waals surface area contributed by atoms with Crippen LogP contribution in [0, 0.1) is 0 Å². The number of aliphatic carboxylic acids is 2. The summed E-state index contributed by atoms with van der Waals surface area (Å²) in [6.07, 6.45) is 3.54. The molecule has 9 nitrogen and oxygen atoms in total. The average Bonchev–Trinajstić information content (AvgIpc) is 3.36. The molecule has 1 aromatic rings. The fourth-order valence-electron chi connectivity index (χ4n) is 3.45. The van der Waals surface area contributed by atoms with E-state index in [1.165, 1.54) is 17.4 Å². The minimum absolute atomic E-state index is 0.144. The molecule has 11 heteroatoms. The molecule has 3 rings (SSSR count). The van der Waals surface area contributed by atoms with E-state index in [0.29, 0.717) is 18.7 Å². The van der Waals surface area contributed by atoms with Gasteiger partial charge in [-0.15, -0.1) is 23.5 Å². The molecule has 0 saturated carbocycles. The molecule has 0 bridgehead atoms. The zero-order valence-electron chi connectivity index (χ0n) is 14.8. The monoisotopic (exact) mass is 414 g/mol. The van der Waals surface area contributed by atoms with E-state index in [1.807, 2.05) is 0 Å². The van der Waals surface area contributed by atoms with Gasteiger partial charge in [0.25, 0.3) is 0 Å². The number of nitrogens with zero attached hydrogens (tertiary/aromatic N) is 2. The topological polar surface area (TPSA) is 136 Å². The average molecular weight is 415 g/mol. The van der Waals surface area contributed by atoms with Gasteiger partial charge in [0, 0.05) is 42.8 Å². The Hall–Kier alpha value is -1.72. The third-order valence-corrected chi connectivity index (χ3v) is 8.20. The predicted octanol–water partition coefficient (Wildman–Crippen LogP) is 0.245. The number of imidazole rings is 1. The number of carboxylic acids is 2. The Labute approximate surface area is 164 Å². The third-order valence-electron chi connectivity index (χ3n) is 4.77. The van der Waals surface area contributed by atoms with Crippen molar-refractivity contribution in [1.29, 1.82) is 0 Å². The van der Waals surface area contributed by atoms with Gasteiger partial charge in [-0.2, -0.15) is 0 Å². The number of amides is 1. The molecule has 0 aromatic carbocycles. The van der Waals surface area contributed by atoms with E-state index in [2.05, 4.69) is 15.3 Å². The van der Waals surface area contributed by atoms with Crippen molar-refractivity contribution in [2.75, 3.05) is 18.1 Å². The van der Waals surface area contributed by atoms with Crippen molar-refractivity contribution in [3.05, 3.63) is 18.2 Å². The summed E-state index contributed by atoms with van der Waals surface area (Å²) in [5.41, 5.74) is 0.636. The second-order valence-corrected chi connectivity index (χ2v) is 9.91. The number of aromatic nitrogens is 2. The maximum absolute atomic E-state index is 12.9. The Bertz CT molecular complexity index is 708. The molecule has 1 aromatic heterocycles. The molecule has 0 radical (unpaired) electrons. The molecule has 3 heterocycles. The molecule has 4 N–H and O–H groups in total. The molecule has 2 saturated heterocycles. The number of rotatable bonds is 7. The quantitative estimate of drug-likeness (QED) is 0.495. The minimum atomic E-state index is -1.08. The van der Waals surface area contributed by atoms with E-state index in [0.717, 1.165) is 11.5 Å². The van der Waals surface area contributed by atoms with Crippen LogP contribution >= 0.6 is 23.5 Å². The molecule has 2 fully saturated rings. The molecule has 1 amide bonds. The number of carbonyl (C=O) groups is 3. The van der Waals surface area contributed by atoms with Gasteiger partial charge in [0.1, 0.15) is 12.1 Å². The first-order valence-electron chi connectivity index (χ1n) is 8.58. The van der Waals surface area contributed by atoms with Gasteiger partial charge in [0.15, 0.2) is 0 Å². The maximum Gasteiger partial charge on any atom is 0.326 e. The highest BCUT2D eigenvalue weighted by molar-refractivity contribution is 8.21. The second-order valence-electron chi connectivity index (χ2n) is 6.69. The summed E-state index contributed by atoms with van der Waals surface area (Å²) in [6, 6.07) is -2.68. The van der Waals surface area contributed by atoms with Crippen LogP contribution in [0.15, 0.2) is 12.5 Å². The van der Waals surface area contributed by atoms with Crippen molar-refractivity contribution in [1.82, 2.24) is 20.2 Å². The third kappa shape index (κ3) is 4.41. The predicted molar refractivity (Wildman–Crippen MR) is 102 cm³/mol. The Morgan fingerprint density at radius 2 is 2.11 bits per heavy atom. The maximum atomic E-state index is 12.9. The molecular weight excluding hydrogens is 392 g/mol. The van der Waals surface area contributed by atoms with Gasteiger partial charge in [-0.05, 0) is 6.92 Å². The van der Waals surface area contributed by atoms with Crippen LogP contribution in [0.1, 0.15) is 19.0 Å². The second kappa shape index (κ2) is 8.11. The van der Waals surface area contributed by atoms with Gasteiger partial charge >= 0.3 is 11.9 Å².